The molecule has 10 aromatic rings. The van der Waals surface area contributed by atoms with Crippen LogP contribution in [-0.4, -0.2) is 15.0 Å². The summed E-state index contributed by atoms with van der Waals surface area (Å²) in [4.78, 5) is 14.7. The third-order valence-corrected chi connectivity index (χ3v) is 12.2. The van der Waals surface area contributed by atoms with Crippen molar-refractivity contribution in [1.29, 1.82) is 0 Å². The zero-order valence-electron chi connectivity index (χ0n) is 32.9. The van der Waals surface area contributed by atoms with Crippen molar-refractivity contribution in [2.24, 2.45) is 0 Å². The van der Waals surface area contributed by atoms with Crippen LogP contribution < -0.4 is 0 Å². The van der Waals surface area contributed by atoms with Gasteiger partial charge in [-0.25, -0.2) is 9.97 Å². The number of nitrogens with zero attached hydrogens (tertiary/aromatic N) is 3. The Kier molecular flexibility index (Phi) is 8.16. The first-order valence-corrected chi connectivity index (χ1v) is 20.3. The van der Waals surface area contributed by atoms with Gasteiger partial charge in [0.05, 0.1) is 11.4 Å². The first kappa shape index (κ1) is 34.7. The molecule has 278 valence electrons. The summed E-state index contributed by atoms with van der Waals surface area (Å²) in [5.74, 6) is 0.698. The van der Waals surface area contributed by atoms with Crippen molar-refractivity contribution >= 4 is 21.5 Å². The van der Waals surface area contributed by atoms with Crippen molar-refractivity contribution in [1.82, 2.24) is 15.0 Å². The van der Waals surface area contributed by atoms with Crippen LogP contribution in [0, 0.1) is 0 Å². The highest BCUT2D eigenvalue weighted by Gasteiger charge is 2.38. The summed E-state index contributed by atoms with van der Waals surface area (Å²) in [7, 11) is 0. The molecule has 2 heterocycles. The molecule has 1 aliphatic rings. The molecular weight excluding hydrogens is 715 g/mol. The van der Waals surface area contributed by atoms with Crippen molar-refractivity contribution in [3.8, 4) is 78.4 Å². The fourth-order valence-corrected chi connectivity index (χ4v) is 9.34. The summed E-state index contributed by atoms with van der Waals surface area (Å²) in [5, 5.41) is 4.93. The van der Waals surface area contributed by atoms with Gasteiger partial charge in [-0.1, -0.05) is 184 Å². The molecule has 3 nitrogen and oxygen atoms in total. The average molecular weight is 754 g/mol. The van der Waals surface area contributed by atoms with Crippen LogP contribution in [0.25, 0.3) is 100.0 Å². The van der Waals surface area contributed by atoms with Crippen molar-refractivity contribution in [2.75, 3.05) is 0 Å². The number of hydrogen-bond donors (Lipinski definition) is 0. The Labute approximate surface area is 344 Å². The number of pyridine rings is 1. The van der Waals surface area contributed by atoms with E-state index in [2.05, 4.69) is 183 Å². The van der Waals surface area contributed by atoms with Gasteiger partial charge in [-0.3, -0.25) is 4.98 Å². The van der Waals surface area contributed by atoms with Gasteiger partial charge in [-0.2, -0.15) is 0 Å². The Morgan fingerprint density at radius 2 is 1.02 bits per heavy atom. The lowest BCUT2D eigenvalue weighted by molar-refractivity contribution is 0.662. The fraction of sp³-hybridized carbons (Fsp3) is 0.0536. The van der Waals surface area contributed by atoms with E-state index in [1.54, 1.807) is 6.20 Å². The molecule has 0 radical (unpaired) electrons. The zero-order valence-corrected chi connectivity index (χ0v) is 32.9. The molecule has 59 heavy (non-hydrogen) atoms. The van der Waals surface area contributed by atoms with Gasteiger partial charge in [0.2, 0.25) is 0 Å². The van der Waals surface area contributed by atoms with Gasteiger partial charge in [-0.15, -0.1) is 0 Å². The average Bonchev–Trinajstić information content (AvgIpc) is 3.55. The zero-order chi connectivity index (χ0) is 39.5. The third-order valence-electron chi connectivity index (χ3n) is 12.2. The molecule has 11 rings (SSSR count). The van der Waals surface area contributed by atoms with Crippen LogP contribution in [0.15, 0.2) is 200 Å². The van der Waals surface area contributed by atoms with Crippen LogP contribution in [0.3, 0.4) is 0 Å². The van der Waals surface area contributed by atoms with E-state index >= 15 is 0 Å². The number of rotatable bonds is 6. The largest absolute Gasteiger partial charge is 0.264 e. The molecule has 0 bridgehead atoms. The highest BCUT2D eigenvalue weighted by Crippen LogP contribution is 2.54. The summed E-state index contributed by atoms with van der Waals surface area (Å²) < 4.78 is 0. The monoisotopic (exact) mass is 753 g/mol. The van der Waals surface area contributed by atoms with Gasteiger partial charge in [0.1, 0.15) is 0 Å². The molecule has 0 N–H and O–H groups in total. The maximum Gasteiger partial charge on any atom is 0.160 e. The highest BCUT2D eigenvalue weighted by atomic mass is 14.9. The Balaban J connectivity index is 1.02. The minimum absolute atomic E-state index is 0.147. The Hall–Kier alpha value is -7.49. The number of benzene rings is 8. The molecule has 1 aliphatic carbocycles. The van der Waals surface area contributed by atoms with Crippen molar-refractivity contribution in [3.05, 3.63) is 212 Å². The van der Waals surface area contributed by atoms with E-state index in [1.165, 1.54) is 60.7 Å². The molecule has 0 fully saturated rings. The molecule has 0 saturated carbocycles. The molecule has 0 amide bonds. The summed E-state index contributed by atoms with van der Waals surface area (Å²) >= 11 is 0. The van der Waals surface area contributed by atoms with E-state index in [4.69, 9.17) is 9.97 Å². The van der Waals surface area contributed by atoms with Crippen LogP contribution in [0.1, 0.15) is 25.0 Å². The second-order valence-electron chi connectivity index (χ2n) is 16.0. The quantitative estimate of drug-likeness (QED) is 0.170. The van der Waals surface area contributed by atoms with Crippen LogP contribution >= 0.6 is 0 Å². The normalized spacial score (nSPS) is 12.7. The number of aromatic nitrogens is 3. The summed E-state index contributed by atoms with van der Waals surface area (Å²) in [6, 6.07) is 67.6. The van der Waals surface area contributed by atoms with Gasteiger partial charge in [0.25, 0.3) is 0 Å². The molecule has 0 atom stereocenters. The van der Waals surface area contributed by atoms with Crippen LogP contribution in [0.5, 0.6) is 0 Å². The summed E-state index contributed by atoms with van der Waals surface area (Å²) in [5.41, 5.74) is 17.3. The second-order valence-corrected chi connectivity index (χ2v) is 16.0. The predicted octanol–water partition coefficient (Wildman–Crippen LogP) is 14.5. The maximum atomic E-state index is 5.23. The van der Waals surface area contributed by atoms with Gasteiger partial charge in [0, 0.05) is 34.5 Å². The topological polar surface area (TPSA) is 38.7 Å². The fourth-order valence-electron chi connectivity index (χ4n) is 9.34. The van der Waals surface area contributed by atoms with Crippen molar-refractivity contribution in [3.63, 3.8) is 0 Å². The van der Waals surface area contributed by atoms with Crippen LogP contribution in [-0.2, 0) is 5.41 Å². The SMILES string of the molecule is CC1(C)c2ccc3ccccc3c2-c2cccc(-c3cccc(-c4ccc(-c5cc(-c6ccc(-c7cccnc7)cc6)nc(-c6ccccc6)n5)c5ccccc45)c3)c21. The third kappa shape index (κ3) is 5.85. The lowest BCUT2D eigenvalue weighted by Gasteiger charge is -2.25. The maximum absolute atomic E-state index is 5.23. The Morgan fingerprint density at radius 3 is 1.81 bits per heavy atom. The molecule has 0 spiro atoms. The minimum atomic E-state index is -0.147. The lowest BCUT2D eigenvalue weighted by atomic mass is 9.78. The van der Waals surface area contributed by atoms with Gasteiger partial charge in [-0.05, 0) is 95.4 Å². The van der Waals surface area contributed by atoms with Crippen LogP contribution in [0.4, 0.5) is 0 Å². The smallest absolute Gasteiger partial charge is 0.160 e. The minimum Gasteiger partial charge on any atom is -0.264 e. The van der Waals surface area contributed by atoms with Crippen molar-refractivity contribution < 1.29 is 0 Å². The first-order valence-electron chi connectivity index (χ1n) is 20.3. The Bertz CT molecular complexity index is 3220. The second kappa shape index (κ2) is 13.9. The predicted molar refractivity (Wildman–Crippen MR) is 245 cm³/mol. The Morgan fingerprint density at radius 1 is 0.390 bits per heavy atom. The molecule has 8 aromatic carbocycles. The lowest BCUT2D eigenvalue weighted by Crippen LogP contribution is -2.16. The summed E-state index contributed by atoms with van der Waals surface area (Å²) in [6.45, 7) is 4.76. The molecule has 2 aromatic heterocycles. The van der Waals surface area contributed by atoms with Gasteiger partial charge >= 0.3 is 0 Å². The van der Waals surface area contributed by atoms with E-state index in [-0.39, 0.29) is 5.41 Å². The molecule has 0 aliphatic heterocycles. The molecule has 0 saturated heterocycles. The van der Waals surface area contributed by atoms with Gasteiger partial charge < -0.3 is 0 Å². The van der Waals surface area contributed by atoms with E-state index < -0.39 is 0 Å². The van der Waals surface area contributed by atoms with Gasteiger partial charge in [0.15, 0.2) is 5.82 Å². The van der Waals surface area contributed by atoms with E-state index in [0.717, 1.165) is 44.6 Å². The van der Waals surface area contributed by atoms with Crippen molar-refractivity contribution in [2.45, 2.75) is 19.3 Å². The van der Waals surface area contributed by atoms with E-state index in [1.807, 2.05) is 30.5 Å². The standard InChI is InChI=1S/C56H39N3/c1-56(2)50-31-28-37-13-6-7-19-44(37)53(50)49-23-11-22-45(54(49)56)41-17-10-16-40(33-41)43-29-30-48(47-21-9-8-20-46(43)47)52-34-51(58-55(59-52)39-14-4-3-5-15-39)38-26-24-36(25-27-38)42-18-12-32-57-35-42/h3-35H,1-2H3. The first-order chi connectivity index (χ1) is 29.0. The molecular formula is C56H39N3. The van der Waals surface area contributed by atoms with Crippen LogP contribution in [0.2, 0.25) is 0 Å². The molecule has 0 unspecified atom stereocenters. The molecule has 3 heteroatoms. The number of hydrogen-bond acceptors (Lipinski definition) is 3. The highest BCUT2D eigenvalue weighted by molar-refractivity contribution is 6.06. The summed E-state index contributed by atoms with van der Waals surface area (Å²) in [6.07, 6.45) is 3.70. The number of fused-ring (bicyclic) bond motifs is 6. The van der Waals surface area contributed by atoms with E-state index in [0.29, 0.717) is 5.82 Å². The van der Waals surface area contributed by atoms with E-state index in [9.17, 15) is 0 Å².